The zero-order chi connectivity index (χ0) is 14.8. The van der Waals surface area contributed by atoms with Crippen LogP contribution in [0.15, 0.2) is 46.9 Å². The lowest BCUT2D eigenvalue weighted by atomic mass is 9.77. The van der Waals surface area contributed by atoms with E-state index in [1.807, 2.05) is 18.2 Å². The molecule has 0 saturated carbocycles. The van der Waals surface area contributed by atoms with E-state index in [1.54, 1.807) is 12.1 Å². The molecule has 1 aliphatic heterocycles. The van der Waals surface area contributed by atoms with Crippen LogP contribution in [0.5, 0.6) is 0 Å². The Morgan fingerprint density at radius 1 is 1.00 bits per heavy atom. The number of nitrogens with one attached hydrogen (secondary N) is 1. The highest BCUT2D eigenvalue weighted by Crippen LogP contribution is 2.38. The molecule has 1 aliphatic rings. The van der Waals surface area contributed by atoms with Gasteiger partial charge in [-0.25, -0.2) is 8.78 Å². The fraction of sp³-hybridized carbons (Fsp3) is 0.294. The summed E-state index contributed by atoms with van der Waals surface area (Å²) in [4.78, 5) is 0. The largest absolute Gasteiger partial charge is 0.316 e. The van der Waals surface area contributed by atoms with Crippen LogP contribution in [0.4, 0.5) is 8.78 Å². The topological polar surface area (TPSA) is 12.0 Å². The van der Waals surface area contributed by atoms with Gasteiger partial charge in [0.05, 0.1) is 4.47 Å². The minimum Gasteiger partial charge on any atom is -0.316 e. The SMILES string of the molecule is Fc1cccc(C2CNCCC2c2ccc(F)c(Br)c2)c1. The Kier molecular flexibility index (Phi) is 4.36. The molecule has 1 heterocycles. The number of benzene rings is 2. The molecule has 0 bridgehead atoms. The summed E-state index contributed by atoms with van der Waals surface area (Å²) >= 11 is 3.25. The molecule has 1 N–H and O–H groups in total. The van der Waals surface area contributed by atoms with Gasteiger partial charge in [0.25, 0.3) is 0 Å². The maximum Gasteiger partial charge on any atom is 0.137 e. The molecule has 0 amide bonds. The Morgan fingerprint density at radius 2 is 1.81 bits per heavy atom. The van der Waals surface area contributed by atoms with E-state index < -0.39 is 0 Å². The Bertz CT molecular complexity index is 644. The van der Waals surface area contributed by atoms with Crippen LogP contribution in [0.2, 0.25) is 0 Å². The molecule has 21 heavy (non-hydrogen) atoms. The van der Waals surface area contributed by atoms with E-state index in [2.05, 4.69) is 21.2 Å². The van der Waals surface area contributed by atoms with Gasteiger partial charge in [-0.3, -0.25) is 0 Å². The smallest absolute Gasteiger partial charge is 0.137 e. The highest BCUT2D eigenvalue weighted by Gasteiger charge is 2.28. The number of piperidine rings is 1. The fourth-order valence-electron chi connectivity index (χ4n) is 3.09. The second-order valence-electron chi connectivity index (χ2n) is 5.43. The van der Waals surface area contributed by atoms with Crippen LogP contribution in [0, 0.1) is 11.6 Å². The van der Waals surface area contributed by atoms with Crippen LogP contribution in [0.3, 0.4) is 0 Å². The van der Waals surface area contributed by atoms with Gasteiger partial charge in [-0.15, -0.1) is 0 Å². The van der Waals surface area contributed by atoms with E-state index in [0.29, 0.717) is 4.47 Å². The first-order chi connectivity index (χ1) is 10.1. The maximum atomic E-state index is 13.5. The molecule has 0 aromatic heterocycles. The van der Waals surface area contributed by atoms with E-state index in [9.17, 15) is 8.78 Å². The molecule has 110 valence electrons. The molecule has 2 atom stereocenters. The third kappa shape index (κ3) is 3.16. The monoisotopic (exact) mass is 351 g/mol. The molecule has 2 aromatic rings. The molecule has 2 unspecified atom stereocenters. The highest BCUT2D eigenvalue weighted by molar-refractivity contribution is 9.10. The van der Waals surface area contributed by atoms with Gasteiger partial charge in [0.2, 0.25) is 0 Å². The lowest BCUT2D eigenvalue weighted by molar-refractivity contribution is 0.402. The Balaban J connectivity index is 1.96. The van der Waals surface area contributed by atoms with Crippen LogP contribution < -0.4 is 5.32 Å². The molecule has 0 radical (unpaired) electrons. The van der Waals surface area contributed by atoms with E-state index in [1.165, 1.54) is 12.1 Å². The number of halogens is 3. The maximum absolute atomic E-state index is 13.5. The second-order valence-corrected chi connectivity index (χ2v) is 6.29. The first-order valence-electron chi connectivity index (χ1n) is 7.06. The molecular weight excluding hydrogens is 336 g/mol. The van der Waals surface area contributed by atoms with Crippen molar-refractivity contribution in [3.05, 3.63) is 69.7 Å². The van der Waals surface area contributed by atoms with Crippen molar-refractivity contribution in [1.29, 1.82) is 0 Å². The van der Waals surface area contributed by atoms with Crippen molar-refractivity contribution >= 4 is 15.9 Å². The predicted molar refractivity (Wildman–Crippen MR) is 83.5 cm³/mol. The van der Waals surface area contributed by atoms with Crippen LogP contribution in [-0.4, -0.2) is 13.1 Å². The molecule has 1 saturated heterocycles. The zero-order valence-corrected chi connectivity index (χ0v) is 13.0. The average molecular weight is 352 g/mol. The first-order valence-corrected chi connectivity index (χ1v) is 7.85. The minimum atomic E-state index is -0.255. The fourth-order valence-corrected chi connectivity index (χ4v) is 3.48. The van der Waals surface area contributed by atoms with E-state index in [-0.39, 0.29) is 23.5 Å². The van der Waals surface area contributed by atoms with Gasteiger partial charge in [-0.05, 0) is 70.2 Å². The van der Waals surface area contributed by atoms with Crippen molar-refractivity contribution in [3.8, 4) is 0 Å². The molecule has 4 heteroatoms. The van der Waals surface area contributed by atoms with Gasteiger partial charge in [-0.2, -0.15) is 0 Å². The normalized spacial score (nSPS) is 22.2. The summed E-state index contributed by atoms with van der Waals surface area (Å²) in [6.07, 6.45) is 0.958. The highest BCUT2D eigenvalue weighted by atomic mass is 79.9. The van der Waals surface area contributed by atoms with Gasteiger partial charge in [-0.1, -0.05) is 18.2 Å². The number of hydrogen-bond donors (Lipinski definition) is 1. The van der Waals surface area contributed by atoms with Crippen molar-refractivity contribution in [2.75, 3.05) is 13.1 Å². The van der Waals surface area contributed by atoms with E-state index >= 15 is 0 Å². The molecule has 0 aliphatic carbocycles. The molecule has 0 spiro atoms. The Morgan fingerprint density at radius 3 is 2.57 bits per heavy atom. The molecule has 1 nitrogen and oxygen atoms in total. The Hall–Kier alpha value is -1.26. The van der Waals surface area contributed by atoms with E-state index in [0.717, 1.165) is 30.6 Å². The standard InChI is InChI=1S/C17H16BrF2N/c18-16-9-12(4-5-17(16)20)14-6-7-21-10-15(14)11-2-1-3-13(19)8-11/h1-5,8-9,14-15,21H,6-7,10H2. The zero-order valence-electron chi connectivity index (χ0n) is 11.5. The molecule has 1 fully saturated rings. The number of rotatable bonds is 2. The predicted octanol–water partition coefficient (Wildman–Crippen LogP) is 4.59. The third-order valence-electron chi connectivity index (χ3n) is 4.13. The summed E-state index contributed by atoms with van der Waals surface area (Å²) in [5.41, 5.74) is 2.09. The summed E-state index contributed by atoms with van der Waals surface area (Å²) in [5, 5.41) is 3.37. The van der Waals surface area contributed by atoms with Crippen molar-refractivity contribution in [1.82, 2.24) is 5.32 Å². The van der Waals surface area contributed by atoms with Crippen molar-refractivity contribution in [2.45, 2.75) is 18.3 Å². The van der Waals surface area contributed by atoms with Gasteiger partial charge in [0, 0.05) is 12.5 Å². The van der Waals surface area contributed by atoms with Crippen molar-refractivity contribution in [2.24, 2.45) is 0 Å². The van der Waals surface area contributed by atoms with Gasteiger partial charge in [0.15, 0.2) is 0 Å². The summed E-state index contributed by atoms with van der Waals surface area (Å²) in [7, 11) is 0. The van der Waals surface area contributed by atoms with Gasteiger partial charge in [0.1, 0.15) is 11.6 Å². The van der Waals surface area contributed by atoms with E-state index in [4.69, 9.17) is 0 Å². The van der Waals surface area contributed by atoms with Crippen LogP contribution >= 0.6 is 15.9 Å². The average Bonchev–Trinajstić information content (AvgIpc) is 2.50. The first kappa shape index (κ1) is 14.7. The van der Waals surface area contributed by atoms with Crippen molar-refractivity contribution < 1.29 is 8.78 Å². The van der Waals surface area contributed by atoms with Gasteiger partial charge < -0.3 is 5.32 Å². The summed E-state index contributed by atoms with van der Waals surface area (Å²) in [6.45, 7) is 1.73. The van der Waals surface area contributed by atoms with Crippen LogP contribution in [0.1, 0.15) is 29.4 Å². The number of hydrogen-bond acceptors (Lipinski definition) is 1. The van der Waals surface area contributed by atoms with Crippen LogP contribution in [-0.2, 0) is 0 Å². The molecular formula is C17H16BrF2N. The molecule has 2 aromatic carbocycles. The summed E-state index contributed by atoms with van der Waals surface area (Å²) < 4.78 is 27.4. The minimum absolute atomic E-state index is 0.201. The third-order valence-corrected chi connectivity index (χ3v) is 4.74. The summed E-state index contributed by atoms with van der Waals surface area (Å²) in [6, 6.07) is 11.9. The van der Waals surface area contributed by atoms with Gasteiger partial charge >= 0.3 is 0 Å². The lowest BCUT2D eigenvalue weighted by Crippen LogP contribution is -2.34. The second kappa shape index (κ2) is 6.24. The summed E-state index contributed by atoms with van der Waals surface area (Å²) in [5.74, 6) is 0.00358. The van der Waals surface area contributed by atoms with Crippen LogP contribution in [0.25, 0.3) is 0 Å². The molecule has 3 rings (SSSR count). The quantitative estimate of drug-likeness (QED) is 0.834. The Labute approximate surface area is 131 Å². The van der Waals surface area contributed by atoms with Crippen molar-refractivity contribution in [3.63, 3.8) is 0 Å². The lowest BCUT2D eigenvalue weighted by Gasteiger charge is -2.33.